The Morgan fingerprint density at radius 1 is 1.15 bits per heavy atom. The second kappa shape index (κ2) is 8.33. The minimum absolute atomic E-state index is 0.0320. The van der Waals surface area contributed by atoms with Crippen LogP contribution in [-0.2, 0) is 5.41 Å². The van der Waals surface area contributed by atoms with Gasteiger partial charge in [0.05, 0.1) is 20.3 Å². The number of hydrogen-bond donors (Lipinski definition) is 3. The van der Waals surface area contributed by atoms with Crippen LogP contribution in [0.5, 0.6) is 11.5 Å². The van der Waals surface area contributed by atoms with E-state index in [2.05, 4.69) is 48.2 Å². The Kier molecular flexibility index (Phi) is 6.09. The van der Waals surface area contributed by atoms with Crippen molar-refractivity contribution in [3.63, 3.8) is 0 Å². The summed E-state index contributed by atoms with van der Waals surface area (Å²) in [4.78, 5) is 0. The average Bonchev–Trinajstić information content (AvgIpc) is 3.29. The van der Waals surface area contributed by atoms with E-state index in [9.17, 15) is 0 Å². The molecule has 0 aliphatic carbocycles. The van der Waals surface area contributed by atoms with E-state index in [1.165, 1.54) is 5.56 Å². The molecular formula is C21H31N3O3. The molecule has 1 aromatic heterocycles. The summed E-state index contributed by atoms with van der Waals surface area (Å²) in [5.41, 5.74) is 7.77. The van der Waals surface area contributed by atoms with Crippen molar-refractivity contribution in [2.24, 2.45) is 5.92 Å². The molecule has 0 saturated carbocycles. The summed E-state index contributed by atoms with van der Waals surface area (Å²) in [7, 11) is 3.33. The summed E-state index contributed by atoms with van der Waals surface area (Å²) in [6.45, 7) is 9.13. The van der Waals surface area contributed by atoms with Crippen LogP contribution in [0.25, 0.3) is 0 Å². The van der Waals surface area contributed by atoms with Crippen LogP contribution in [0.15, 0.2) is 34.7 Å². The zero-order chi connectivity index (χ0) is 19.4. The van der Waals surface area contributed by atoms with E-state index >= 15 is 0 Å². The monoisotopic (exact) mass is 373 g/mol. The van der Waals surface area contributed by atoms with Gasteiger partial charge in [0.25, 0.3) is 0 Å². The van der Waals surface area contributed by atoms with E-state index in [4.69, 9.17) is 13.9 Å². The van der Waals surface area contributed by atoms with E-state index < -0.39 is 0 Å². The third-order valence-electron chi connectivity index (χ3n) is 5.30. The summed E-state index contributed by atoms with van der Waals surface area (Å²) >= 11 is 0. The minimum Gasteiger partial charge on any atom is -0.493 e. The Morgan fingerprint density at radius 2 is 1.93 bits per heavy atom. The van der Waals surface area contributed by atoms with E-state index in [1.54, 1.807) is 14.2 Å². The maximum Gasteiger partial charge on any atom is 0.161 e. The third-order valence-corrected chi connectivity index (χ3v) is 5.30. The first kappa shape index (κ1) is 19.7. The number of rotatable bonds is 8. The van der Waals surface area contributed by atoms with Gasteiger partial charge < -0.3 is 19.2 Å². The molecule has 2 unspecified atom stereocenters. The fourth-order valence-corrected chi connectivity index (χ4v) is 3.58. The van der Waals surface area contributed by atoms with Gasteiger partial charge in [-0.3, -0.25) is 5.43 Å². The molecule has 6 heteroatoms. The van der Waals surface area contributed by atoms with Crippen molar-refractivity contribution < 1.29 is 13.9 Å². The lowest BCUT2D eigenvalue weighted by Crippen LogP contribution is -2.37. The predicted octanol–water partition coefficient (Wildman–Crippen LogP) is 2.94. The maximum absolute atomic E-state index is 5.81. The number of benzene rings is 1. The van der Waals surface area contributed by atoms with Gasteiger partial charge in [-0.15, -0.1) is 0 Å². The van der Waals surface area contributed by atoms with Crippen LogP contribution in [0, 0.1) is 12.8 Å². The minimum atomic E-state index is -0.0320. The highest BCUT2D eigenvalue weighted by atomic mass is 16.5. The SMILES string of the molecule is COc1ccc(C(C)(C)CNCC2CNNC2c2ccc(C)o2)cc1OC. The molecule has 1 aliphatic heterocycles. The summed E-state index contributed by atoms with van der Waals surface area (Å²) in [5.74, 6) is 3.88. The van der Waals surface area contributed by atoms with Gasteiger partial charge in [0, 0.05) is 31.0 Å². The van der Waals surface area contributed by atoms with Crippen LogP contribution in [0.3, 0.4) is 0 Å². The molecule has 2 aromatic rings. The molecule has 0 spiro atoms. The number of furan rings is 1. The first-order chi connectivity index (χ1) is 12.9. The molecule has 3 N–H and O–H groups in total. The topological polar surface area (TPSA) is 67.7 Å². The van der Waals surface area contributed by atoms with Gasteiger partial charge in [-0.25, -0.2) is 5.43 Å². The number of methoxy groups -OCH3 is 2. The molecule has 1 aliphatic rings. The van der Waals surface area contributed by atoms with Crippen LogP contribution < -0.4 is 25.6 Å². The maximum atomic E-state index is 5.81. The molecule has 2 atom stereocenters. The molecule has 1 aromatic carbocycles. The molecule has 3 rings (SSSR count). The molecule has 1 saturated heterocycles. The number of hydrogen-bond acceptors (Lipinski definition) is 6. The third kappa shape index (κ3) is 4.46. The zero-order valence-electron chi connectivity index (χ0n) is 16.9. The molecule has 0 amide bonds. The Morgan fingerprint density at radius 3 is 2.59 bits per heavy atom. The van der Waals surface area contributed by atoms with E-state index in [0.717, 1.165) is 42.7 Å². The van der Waals surface area contributed by atoms with E-state index in [-0.39, 0.29) is 11.5 Å². The fraction of sp³-hybridized carbons (Fsp3) is 0.524. The first-order valence-electron chi connectivity index (χ1n) is 9.42. The summed E-state index contributed by atoms with van der Waals surface area (Å²) in [6, 6.07) is 10.4. The quantitative estimate of drug-likeness (QED) is 0.661. The number of ether oxygens (including phenoxy) is 2. The number of nitrogens with one attached hydrogen (secondary N) is 3. The Hall–Kier alpha value is -2.02. The first-order valence-corrected chi connectivity index (χ1v) is 9.42. The second-order valence-electron chi connectivity index (χ2n) is 7.80. The molecule has 1 fully saturated rings. The van der Waals surface area contributed by atoms with Crippen molar-refractivity contribution >= 4 is 0 Å². The predicted molar refractivity (Wildman–Crippen MR) is 106 cm³/mol. The van der Waals surface area contributed by atoms with Crippen molar-refractivity contribution in [2.45, 2.75) is 32.2 Å². The van der Waals surface area contributed by atoms with Gasteiger partial charge in [-0.1, -0.05) is 19.9 Å². The highest BCUT2D eigenvalue weighted by molar-refractivity contribution is 5.45. The van der Waals surface area contributed by atoms with Crippen molar-refractivity contribution in [2.75, 3.05) is 33.9 Å². The van der Waals surface area contributed by atoms with Gasteiger partial charge >= 0.3 is 0 Å². The lowest BCUT2D eigenvalue weighted by atomic mass is 9.84. The molecule has 6 nitrogen and oxygen atoms in total. The average molecular weight is 373 g/mol. The van der Waals surface area contributed by atoms with Crippen molar-refractivity contribution in [3.8, 4) is 11.5 Å². The highest BCUT2D eigenvalue weighted by Gasteiger charge is 2.31. The summed E-state index contributed by atoms with van der Waals surface area (Å²) in [5, 5.41) is 3.64. The highest BCUT2D eigenvalue weighted by Crippen LogP contribution is 2.33. The van der Waals surface area contributed by atoms with Crippen LogP contribution in [0.4, 0.5) is 0 Å². The van der Waals surface area contributed by atoms with Gasteiger partial charge in [-0.05, 0) is 36.8 Å². The van der Waals surface area contributed by atoms with Crippen LogP contribution in [-0.4, -0.2) is 33.9 Å². The van der Waals surface area contributed by atoms with Crippen molar-refractivity contribution in [3.05, 3.63) is 47.4 Å². The Bertz CT molecular complexity index is 757. The molecular weight excluding hydrogens is 342 g/mol. The van der Waals surface area contributed by atoms with Gasteiger partial charge in [0.1, 0.15) is 11.5 Å². The number of hydrazine groups is 1. The van der Waals surface area contributed by atoms with Gasteiger partial charge in [0.15, 0.2) is 11.5 Å². The lowest BCUT2D eigenvalue weighted by molar-refractivity contribution is 0.346. The Labute approximate surface area is 161 Å². The van der Waals surface area contributed by atoms with Crippen LogP contribution in [0.2, 0.25) is 0 Å². The van der Waals surface area contributed by atoms with Crippen LogP contribution >= 0.6 is 0 Å². The molecule has 0 radical (unpaired) electrons. The van der Waals surface area contributed by atoms with E-state index in [1.807, 2.05) is 19.1 Å². The Balaban J connectivity index is 1.60. The van der Waals surface area contributed by atoms with E-state index in [0.29, 0.717) is 5.92 Å². The largest absolute Gasteiger partial charge is 0.493 e. The van der Waals surface area contributed by atoms with Crippen molar-refractivity contribution in [1.82, 2.24) is 16.2 Å². The van der Waals surface area contributed by atoms with Gasteiger partial charge in [-0.2, -0.15) is 0 Å². The smallest absolute Gasteiger partial charge is 0.161 e. The standard InChI is InChI=1S/C21H31N3O3/c1-14-6-8-18(27-14)20-15(12-23-24-20)11-22-13-21(2,3)16-7-9-17(25-4)19(10-16)26-5/h6-10,15,20,22-24H,11-13H2,1-5H3. The summed E-state index contributed by atoms with van der Waals surface area (Å²) < 4.78 is 16.6. The zero-order valence-corrected chi connectivity index (χ0v) is 16.9. The van der Waals surface area contributed by atoms with Crippen LogP contribution in [0.1, 0.15) is 37.0 Å². The number of aryl methyl sites for hydroxylation is 1. The van der Waals surface area contributed by atoms with Gasteiger partial charge in [0.2, 0.25) is 0 Å². The molecule has 2 heterocycles. The van der Waals surface area contributed by atoms with Crippen molar-refractivity contribution in [1.29, 1.82) is 0 Å². The normalized spacial score (nSPS) is 20.0. The molecule has 148 valence electrons. The summed E-state index contributed by atoms with van der Waals surface area (Å²) in [6.07, 6.45) is 0. The second-order valence-corrected chi connectivity index (χ2v) is 7.80. The lowest BCUT2D eigenvalue weighted by Gasteiger charge is -2.28. The molecule has 0 bridgehead atoms. The fourth-order valence-electron chi connectivity index (χ4n) is 3.58. The molecule has 27 heavy (non-hydrogen) atoms.